The van der Waals surface area contributed by atoms with E-state index in [1.54, 1.807) is 23.6 Å². The van der Waals surface area contributed by atoms with Gasteiger partial charge in [0.15, 0.2) is 5.75 Å². The highest BCUT2D eigenvalue weighted by molar-refractivity contribution is 7.12. The van der Waals surface area contributed by atoms with Crippen LogP contribution in [0.15, 0.2) is 47.9 Å². The molecular formula is C19H14ClNO4S. The second-order valence-corrected chi connectivity index (χ2v) is 7.53. The minimum atomic E-state index is -0.540. The van der Waals surface area contributed by atoms with E-state index in [1.807, 2.05) is 12.2 Å². The lowest BCUT2D eigenvalue weighted by atomic mass is 9.85. The Morgan fingerprint density at radius 3 is 2.42 bits per heavy atom. The van der Waals surface area contributed by atoms with Crippen molar-refractivity contribution in [2.75, 3.05) is 4.90 Å². The molecule has 132 valence electrons. The van der Waals surface area contributed by atoms with Crippen LogP contribution in [-0.4, -0.2) is 17.8 Å². The van der Waals surface area contributed by atoms with E-state index in [1.165, 1.54) is 23.5 Å². The molecule has 7 heteroatoms. The third kappa shape index (κ3) is 2.85. The highest BCUT2D eigenvalue weighted by Crippen LogP contribution is 2.42. The van der Waals surface area contributed by atoms with E-state index in [2.05, 4.69) is 0 Å². The van der Waals surface area contributed by atoms with Crippen molar-refractivity contribution in [3.8, 4) is 5.75 Å². The Morgan fingerprint density at radius 1 is 1.12 bits per heavy atom. The van der Waals surface area contributed by atoms with E-state index in [-0.39, 0.29) is 35.1 Å². The molecule has 2 atom stereocenters. The van der Waals surface area contributed by atoms with Crippen LogP contribution in [0.2, 0.25) is 5.02 Å². The summed E-state index contributed by atoms with van der Waals surface area (Å²) in [6.45, 7) is 0. The van der Waals surface area contributed by atoms with Crippen molar-refractivity contribution in [2.45, 2.75) is 12.8 Å². The Morgan fingerprint density at radius 2 is 1.81 bits per heavy atom. The fourth-order valence-electron chi connectivity index (χ4n) is 3.33. The number of carbonyl (C=O) groups excluding carboxylic acids is 3. The first-order valence-electron chi connectivity index (χ1n) is 8.14. The number of halogens is 1. The molecule has 0 saturated carbocycles. The van der Waals surface area contributed by atoms with Crippen LogP contribution in [0.3, 0.4) is 0 Å². The lowest BCUT2D eigenvalue weighted by Gasteiger charge is -2.18. The number of carbonyl (C=O) groups is 3. The first kappa shape index (κ1) is 17.0. The van der Waals surface area contributed by atoms with E-state index in [9.17, 15) is 14.4 Å². The number of hydrogen-bond donors (Lipinski definition) is 0. The van der Waals surface area contributed by atoms with Gasteiger partial charge >= 0.3 is 5.97 Å². The molecule has 0 bridgehead atoms. The van der Waals surface area contributed by atoms with Crippen molar-refractivity contribution in [2.24, 2.45) is 11.8 Å². The summed E-state index contributed by atoms with van der Waals surface area (Å²) in [5.74, 6) is -1.69. The van der Waals surface area contributed by atoms with Gasteiger partial charge in [0.05, 0.1) is 17.5 Å². The molecule has 0 unspecified atom stereocenters. The molecule has 1 aliphatic heterocycles. The van der Waals surface area contributed by atoms with Crippen molar-refractivity contribution in [1.82, 2.24) is 0 Å². The fraction of sp³-hybridized carbons (Fsp3) is 0.211. The largest absolute Gasteiger partial charge is 0.420 e. The van der Waals surface area contributed by atoms with Gasteiger partial charge in [-0.25, -0.2) is 9.69 Å². The standard InChI is InChI=1S/C19H14ClNO4S/c20-11-7-8-15(25-19(24)16-6-3-9-26-16)14(10-11)21-17(22)12-4-1-2-5-13(12)18(21)23/h1-3,6-10,12-13H,4-5H2/t12-,13+. The number of allylic oxidation sites excluding steroid dienone is 2. The number of thiophene rings is 1. The summed E-state index contributed by atoms with van der Waals surface area (Å²) >= 11 is 7.33. The normalized spacial score (nSPS) is 21.8. The van der Waals surface area contributed by atoms with Crippen molar-refractivity contribution in [1.29, 1.82) is 0 Å². The van der Waals surface area contributed by atoms with Gasteiger partial charge in [-0.05, 0) is 42.5 Å². The highest BCUT2D eigenvalue weighted by atomic mass is 35.5. The zero-order valence-corrected chi connectivity index (χ0v) is 15.1. The zero-order chi connectivity index (χ0) is 18.3. The molecule has 0 radical (unpaired) electrons. The second kappa shape index (κ2) is 6.70. The molecule has 26 heavy (non-hydrogen) atoms. The highest BCUT2D eigenvalue weighted by Gasteiger charge is 2.48. The third-order valence-electron chi connectivity index (χ3n) is 4.59. The van der Waals surface area contributed by atoms with Crippen molar-refractivity contribution >= 4 is 46.4 Å². The lowest BCUT2D eigenvalue weighted by Crippen LogP contribution is -2.31. The molecule has 1 aliphatic carbocycles. The van der Waals surface area contributed by atoms with Gasteiger partial charge in [0.1, 0.15) is 4.88 Å². The summed E-state index contributed by atoms with van der Waals surface area (Å²) in [6, 6.07) is 7.94. The van der Waals surface area contributed by atoms with Gasteiger partial charge < -0.3 is 4.74 Å². The van der Waals surface area contributed by atoms with Crippen LogP contribution in [0.5, 0.6) is 5.75 Å². The molecule has 2 aromatic rings. The average molecular weight is 388 g/mol. The lowest BCUT2D eigenvalue weighted by molar-refractivity contribution is -0.122. The van der Waals surface area contributed by atoms with Gasteiger partial charge in [-0.2, -0.15) is 0 Å². The molecule has 0 spiro atoms. The number of hydrogen-bond acceptors (Lipinski definition) is 5. The number of ether oxygens (including phenoxy) is 1. The monoisotopic (exact) mass is 387 g/mol. The van der Waals surface area contributed by atoms with Crippen molar-refractivity contribution in [3.63, 3.8) is 0 Å². The Labute approximate surface area is 158 Å². The van der Waals surface area contributed by atoms with E-state index >= 15 is 0 Å². The van der Waals surface area contributed by atoms with Gasteiger partial charge in [-0.1, -0.05) is 29.8 Å². The van der Waals surface area contributed by atoms with Gasteiger partial charge in [0, 0.05) is 5.02 Å². The predicted octanol–water partition coefficient (Wildman–Crippen LogP) is 4.08. The van der Waals surface area contributed by atoms with Crippen molar-refractivity contribution < 1.29 is 19.1 Å². The van der Waals surface area contributed by atoms with Crippen LogP contribution in [0, 0.1) is 11.8 Å². The molecule has 4 rings (SSSR count). The molecule has 1 saturated heterocycles. The molecule has 1 aromatic heterocycles. The van der Waals surface area contributed by atoms with E-state index in [4.69, 9.17) is 16.3 Å². The van der Waals surface area contributed by atoms with Crippen molar-refractivity contribution in [3.05, 3.63) is 57.8 Å². The van der Waals surface area contributed by atoms with Crippen LogP contribution in [-0.2, 0) is 9.59 Å². The summed E-state index contributed by atoms with van der Waals surface area (Å²) in [5.41, 5.74) is 0.215. The SMILES string of the molecule is O=C(Oc1ccc(Cl)cc1N1C(=O)[C@H]2CC=CC[C@H]2C1=O)c1cccs1. The number of rotatable bonds is 3. The first-order valence-corrected chi connectivity index (χ1v) is 9.40. The first-order chi connectivity index (χ1) is 12.6. The number of imide groups is 1. The molecule has 1 fully saturated rings. The molecule has 5 nitrogen and oxygen atoms in total. The molecule has 2 heterocycles. The fourth-order valence-corrected chi connectivity index (χ4v) is 4.10. The Kier molecular flexibility index (Phi) is 4.38. The molecule has 2 amide bonds. The summed E-state index contributed by atoms with van der Waals surface area (Å²) in [6.07, 6.45) is 4.92. The van der Waals surface area contributed by atoms with Crippen LogP contribution >= 0.6 is 22.9 Å². The minimum Gasteiger partial charge on any atom is -0.420 e. The Bertz CT molecular complexity index is 896. The van der Waals surface area contributed by atoms with E-state index in [0.29, 0.717) is 22.7 Å². The Hall–Kier alpha value is -2.44. The maximum Gasteiger partial charge on any atom is 0.353 e. The van der Waals surface area contributed by atoms with Crippen LogP contribution in [0.1, 0.15) is 22.5 Å². The van der Waals surface area contributed by atoms with E-state index in [0.717, 1.165) is 4.90 Å². The number of nitrogens with zero attached hydrogens (tertiary/aromatic N) is 1. The number of fused-ring (bicyclic) bond motifs is 1. The summed E-state index contributed by atoms with van der Waals surface area (Å²) < 4.78 is 5.46. The maximum atomic E-state index is 12.8. The molecule has 1 aromatic carbocycles. The average Bonchev–Trinajstić information content (AvgIpc) is 3.25. The van der Waals surface area contributed by atoms with Crippen LogP contribution < -0.4 is 9.64 Å². The molecule has 2 aliphatic rings. The zero-order valence-electron chi connectivity index (χ0n) is 13.6. The van der Waals surface area contributed by atoms with Gasteiger partial charge in [-0.3, -0.25) is 9.59 Å². The van der Waals surface area contributed by atoms with E-state index < -0.39 is 5.97 Å². The summed E-state index contributed by atoms with van der Waals surface area (Å²) in [4.78, 5) is 39.5. The number of esters is 1. The van der Waals surface area contributed by atoms with Gasteiger partial charge in [0.2, 0.25) is 11.8 Å². The van der Waals surface area contributed by atoms with Crippen LogP contribution in [0.25, 0.3) is 0 Å². The minimum absolute atomic E-state index is 0.140. The molecule has 0 N–H and O–H groups in total. The topological polar surface area (TPSA) is 63.7 Å². The maximum absolute atomic E-state index is 12.8. The van der Waals surface area contributed by atoms with Crippen LogP contribution in [0.4, 0.5) is 5.69 Å². The quantitative estimate of drug-likeness (QED) is 0.344. The smallest absolute Gasteiger partial charge is 0.353 e. The number of benzene rings is 1. The third-order valence-corrected chi connectivity index (χ3v) is 5.68. The molecular weight excluding hydrogens is 374 g/mol. The predicted molar refractivity (Wildman–Crippen MR) is 98.6 cm³/mol. The summed E-state index contributed by atoms with van der Waals surface area (Å²) in [7, 11) is 0. The Balaban J connectivity index is 1.70. The number of amides is 2. The van der Waals surface area contributed by atoms with Gasteiger partial charge in [-0.15, -0.1) is 11.3 Å². The summed E-state index contributed by atoms with van der Waals surface area (Å²) in [5, 5.41) is 2.12. The van der Waals surface area contributed by atoms with Gasteiger partial charge in [0.25, 0.3) is 0 Å². The number of anilines is 1. The second-order valence-electron chi connectivity index (χ2n) is 6.15.